The monoisotopic (exact) mass is 300 g/mol. The summed E-state index contributed by atoms with van der Waals surface area (Å²) in [7, 11) is 3.37. The summed E-state index contributed by atoms with van der Waals surface area (Å²) in [5, 5.41) is 2.95. The molecule has 0 aromatic carbocycles. The average Bonchev–Trinajstić information content (AvgIpc) is 3.36. The van der Waals surface area contributed by atoms with Crippen LogP contribution in [-0.2, 0) is 9.59 Å². The standard InChI is InChI=1S/C7H14N2O.C6H9NO.CH5N.CH4/c1-8-3-2-7(10)6-9-4-5-9;1-2-6(8)5-7-3-4-7;1-2;/h8H,2-6H2,1H3;2H,1,3-5H2;2H2,1H3;1H4. The second kappa shape index (κ2) is 13.9. The molecule has 0 radical (unpaired) electrons. The second-order valence-electron chi connectivity index (χ2n) is 4.61. The van der Waals surface area contributed by atoms with Crippen molar-refractivity contribution in [3.8, 4) is 0 Å². The molecule has 2 heterocycles. The van der Waals surface area contributed by atoms with Crippen molar-refractivity contribution >= 4 is 11.6 Å². The lowest BCUT2D eigenvalue weighted by Gasteiger charge is -1.98. The van der Waals surface area contributed by atoms with E-state index < -0.39 is 0 Å². The summed E-state index contributed by atoms with van der Waals surface area (Å²) >= 11 is 0. The lowest BCUT2D eigenvalue weighted by atomic mass is 10.3. The number of ketones is 2. The minimum absolute atomic E-state index is 0. The van der Waals surface area contributed by atoms with Gasteiger partial charge in [0.2, 0.25) is 0 Å². The fourth-order valence-corrected chi connectivity index (χ4v) is 1.34. The Morgan fingerprint density at radius 2 is 1.62 bits per heavy atom. The van der Waals surface area contributed by atoms with Gasteiger partial charge in [-0.05, 0) is 20.2 Å². The molecule has 0 atom stereocenters. The molecule has 2 rings (SSSR count). The summed E-state index contributed by atoms with van der Waals surface area (Å²) < 4.78 is 0. The molecule has 0 saturated carbocycles. The number of hydrogen-bond acceptors (Lipinski definition) is 6. The third-order valence-corrected chi connectivity index (χ3v) is 2.74. The SMILES string of the molecule is C.C=CC(=O)CN1CC1.CN.CNCCC(=O)CN1CC1. The number of rotatable bonds is 8. The van der Waals surface area contributed by atoms with Gasteiger partial charge < -0.3 is 11.1 Å². The molecule has 124 valence electrons. The number of Topliss-reactive ketones (excluding diaryl/α,β-unsaturated/α-hetero) is 1. The van der Waals surface area contributed by atoms with E-state index in [1.165, 1.54) is 13.1 Å². The largest absolute Gasteiger partial charge is 0.333 e. The molecule has 0 aromatic heterocycles. The Balaban J connectivity index is 0. The Morgan fingerprint density at radius 1 is 1.14 bits per heavy atom. The van der Waals surface area contributed by atoms with Crippen LogP contribution in [0, 0.1) is 0 Å². The highest BCUT2D eigenvalue weighted by Gasteiger charge is 2.19. The van der Waals surface area contributed by atoms with Crippen LogP contribution < -0.4 is 11.1 Å². The number of nitrogens with one attached hydrogen (secondary N) is 1. The van der Waals surface area contributed by atoms with Crippen molar-refractivity contribution in [2.24, 2.45) is 5.73 Å². The summed E-state index contributed by atoms with van der Waals surface area (Å²) in [6, 6.07) is 0. The van der Waals surface area contributed by atoms with Crippen LogP contribution in [0.15, 0.2) is 12.7 Å². The van der Waals surface area contributed by atoms with E-state index in [0.717, 1.165) is 32.7 Å². The molecule has 2 saturated heterocycles. The van der Waals surface area contributed by atoms with Crippen LogP contribution in [0.1, 0.15) is 13.8 Å². The molecule has 2 aliphatic heterocycles. The zero-order valence-electron chi connectivity index (χ0n) is 12.7. The smallest absolute Gasteiger partial charge is 0.169 e. The first-order valence-electron chi connectivity index (χ1n) is 6.99. The average molecular weight is 300 g/mol. The molecule has 0 aromatic rings. The first-order chi connectivity index (χ1) is 9.65. The van der Waals surface area contributed by atoms with Crippen LogP contribution in [0.25, 0.3) is 0 Å². The summed E-state index contributed by atoms with van der Waals surface area (Å²) in [5.74, 6) is 0.481. The molecular formula is C15H32N4O2. The van der Waals surface area contributed by atoms with Gasteiger partial charge in [0, 0.05) is 39.1 Å². The van der Waals surface area contributed by atoms with E-state index in [0.29, 0.717) is 25.3 Å². The number of carbonyl (C=O) groups is 2. The first kappa shape index (κ1) is 22.2. The zero-order valence-corrected chi connectivity index (χ0v) is 12.7. The third-order valence-electron chi connectivity index (χ3n) is 2.74. The Morgan fingerprint density at radius 3 is 2.00 bits per heavy atom. The fraction of sp³-hybridized carbons (Fsp3) is 0.733. The Hall–Kier alpha value is -1.08. The number of hydrogen-bond donors (Lipinski definition) is 2. The van der Waals surface area contributed by atoms with Crippen LogP contribution in [0.3, 0.4) is 0 Å². The van der Waals surface area contributed by atoms with E-state index in [9.17, 15) is 9.59 Å². The van der Waals surface area contributed by atoms with Crippen molar-refractivity contribution in [1.29, 1.82) is 0 Å². The van der Waals surface area contributed by atoms with Crippen LogP contribution >= 0.6 is 0 Å². The van der Waals surface area contributed by atoms with Crippen LogP contribution in [0.5, 0.6) is 0 Å². The van der Waals surface area contributed by atoms with Gasteiger partial charge in [-0.15, -0.1) is 0 Å². The molecular weight excluding hydrogens is 268 g/mol. The van der Waals surface area contributed by atoms with Gasteiger partial charge in [-0.2, -0.15) is 0 Å². The van der Waals surface area contributed by atoms with Crippen LogP contribution in [-0.4, -0.2) is 81.3 Å². The van der Waals surface area contributed by atoms with Gasteiger partial charge in [-0.3, -0.25) is 19.4 Å². The van der Waals surface area contributed by atoms with Gasteiger partial charge in [0.05, 0.1) is 13.1 Å². The predicted octanol–water partition coefficient (Wildman–Crippen LogP) is -0.251. The topological polar surface area (TPSA) is 78.2 Å². The molecule has 2 aliphatic rings. The molecule has 0 bridgehead atoms. The van der Waals surface area contributed by atoms with E-state index in [2.05, 4.69) is 27.4 Å². The van der Waals surface area contributed by atoms with E-state index >= 15 is 0 Å². The highest BCUT2D eigenvalue weighted by molar-refractivity contribution is 5.90. The Kier molecular flexibility index (Phi) is 14.7. The molecule has 21 heavy (non-hydrogen) atoms. The molecule has 0 spiro atoms. The molecule has 2 fully saturated rings. The number of carbonyl (C=O) groups excluding carboxylic acids is 2. The van der Waals surface area contributed by atoms with Crippen molar-refractivity contribution in [2.45, 2.75) is 13.8 Å². The van der Waals surface area contributed by atoms with Crippen molar-refractivity contribution in [3.05, 3.63) is 12.7 Å². The van der Waals surface area contributed by atoms with Gasteiger partial charge in [-0.1, -0.05) is 14.0 Å². The second-order valence-corrected chi connectivity index (χ2v) is 4.61. The molecule has 0 amide bonds. The maximum atomic E-state index is 11.0. The van der Waals surface area contributed by atoms with Gasteiger partial charge >= 0.3 is 0 Å². The summed E-state index contributed by atoms with van der Waals surface area (Å²) in [4.78, 5) is 25.7. The summed E-state index contributed by atoms with van der Waals surface area (Å²) in [5.41, 5.74) is 4.50. The molecule has 0 aliphatic carbocycles. The van der Waals surface area contributed by atoms with Gasteiger partial charge in [-0.25, -0.2) is 0 Å². The number of nitrogens with zero attached hydrogens (tertiary/aromatic N) is 2. The van der Waals surface area contributed by atoms with Gasteiger partial charge in [0.1, 0.15) is 5.78 Å². The van der Waals surface area contributed by atoms with E-state index in [-0.39, 0.29) is 13.2 Å². The lowest BCUT2D eigenvalue weighted by Crippen LogP contribution is -2.18. The van der Waals surface area contributed by atoms with E-state index in [4.69, 9.17) is 0 Å². The molecule has 0 unspecified atom stereocenters. The molecule has 6 heteroatoms. The lowest BCUT2D eigenvalue weighted by molar-refractivity contribution is -0.119. The Labute approximate surface area is 129 Å². The van der Waals surface area contributed by atoms with Crippen molar-refractivity contribution in [3.63, 3.8) is 0 Å². The highest BCUT2D eigenvalue weighted by atomic mass is 16.1. The quantitative estimate of drug-likeness (QED) is 0.475. The van der Waals surface area contributed by atoms with E-state index in [1.807, 2.05) is 7.05 Å². The maximum absolute atomic E-state index is 11.0. The van der Waals surface area contributed by atoms with Crippen LogP contribution in [0.4, 0.5) is 0 Å². The van der Waals surface area contributed by atoms with Crippen LogP contribution in [0.2, 0.25) is 0 Å². The van der Waals surface area contributed by atoms with Crippen molar-refractivity contribution in [2.75, 3.05) is 59.9 Å². The third kappa shape index (κ3) is 15.1. The molecule has 3 N–H and O–H groups in total. The summed E-state index contributed by atoms with van der Waals surface area (Å²) in [6.07, 6.45) is 2.05. The predicted molar refractivity (Wildman–Crippen MR) is 88.5 cm³/mol. The maximum Gasteiger partial charge on any atom is 0.169 e. The van der Waals surface area contributed by atoms with Gasteiger partial charge in [0.25, 0.3) is 0 Å². The fourth-order valence-electron chi connectivity index (χ4n) is 1.34. The van der Waals surface area contributed by atoms with Gasteiger partial charge in [0.15, 0.2) is 5.78 Å². The van der Waals surface area contributed by atoms with Crippen molar-refractivity contribution < 1.29 is 9.59 Å². The summed E-state index contributed by atoms with van der Waals surface area (Å²) in [6.45, 7) is 9.82. The first-order valence-corrected chi connectivity index (χ1v) is 6.99. The normalized spacial score (nSPS) is 15.4. The van der Waals surface area contributed by atoms with Crippen molar-refractivity contribution in [1.82, 2.24) is 15.1 Å². The minimum atomic E-state index is 0. The van der Waals surface area contributed by atoms with E-state index in [1.54, 1.807) is 0 Å². The number of nitrogens with two attached hydrogens (primary N) is 1. The highest BCUT2D eigenvalue weighted by Crippen LogP contribution is 2.02. The Bertz CT molecular complexity index is 300. The zero-order chi connectivity index (χ0) is 15.4. The minimum Gasteiger partial charge on any atom is -0.333 e. The molecule has 6 nitrogen and oxygen atoms in total.